The molecule has 0 radical (unpaired) electrons. The number of aromatic nitrogens is 1. The number of ether oxygens (including phenoxy) is 2. The quantitative estimate of drug-likeness (QED) is 0.465. The Morgan fingerprint density at radius 3 is 2.62 bits per heavy atom. The van der Waals surface area contributed by atoms with Crippen molar-refractivity contribution < 1.29 is 19.1 Å². The number of rotatable bonds is 5. The second-order valence-corrected chi connectivity index (χ2v) is 5.86. The fourth-order valence-electron chi connectivity index (χ4n) is 1.68. The van der Waals surface area contributed by atoms with E-state index in [0.717, 1.165) is 4.90 Å². The standard InChI is InChI=1S/C15H21N5O4/c1-6-23-11-7-10(9-18-19-16)8-17-12(11)13(21)20(5)14(22)24-15(2,3)4/h7-8H,6,9H2,1-5H3. The number of carbonyl (C=O) groups excluding carboxylic acids is 2. The zero-order chi connectivity index (χ0) is 18.3. The van der Waals surface area contributed by atoms with Crippen LogP contribution in [-0.2, 0) is 11.3 Å². The van der Waals surface area contributed by atoms with Crippen LogP contribution in [0.1, 0.15) is 43.7 Å². The summed E-state index contributed by atoms with van der Waals surface area (Å²) in [6.45, 7) is 7.27. The topological polar surface area (TPSA) is 117 Å². The lowest BCUT2D eigenvalue weighted by molar-refractivity contribution is 0.0282. The molecule has 9 nitrogen and oxygen atoms in total. The van der Waals surface area contributed by atoms with Crippen LogP contribution in [0.5, 0.6) is 5.75 Å². The SMILES string of the molecule is CCOc1cc(CN=[N+]=[N-])cnc1C(=O)N(C)C(=O)OC(C)(C)C. The third-order valence-electron chi connectivity index (χ3n) is 2.70. The van der Waals surface area contributed by atoms with Crippen molar-refractivity contribution in [2.45, 2.75) is 39.8 Å². The fraction of sp³-hybridized carbons (Fsp3) is 0.533. The molecule has 2 amide bonds. The summed E-state index contributed by atoms with van der Waals surface area (Å²) < 4.78 is 10.6. The Morgan fingerprint density at radius 1 is 1.42 bits per heavy atom. The normalized spacial score (nSPS) is 10.5. The van der Waals surface area contributed by atoms with E-state index in [1.807, 2.05) is 0 Å². The average Bonchev–Trinajstić information content (AvgIpc) is 2.50. The van der Waals surface area contributed by atoms with Gasteiger partial charge >= 0.3 is 6.09 Å². The third-order valence-corrected chi connectivity index (χ3v) is 2.70. The second kappa shape index (κ2) is 8.16. The molecule has 0 aromatic carbocycles. The van der Waals surface area contributed by atoms with Crippen LogP contribution in [-0.4, -0.2) is 41.1 Å². The lowest BCUT2D eigenvalue weighted by Crippen LogP contribution is -2.38. The van der Waals surface area contributed by atoms with E-state index in [4.69, 9.17) is 15.0 Å². The average molecular weight is 335 g/mol. The van der Waals surface area contributed by atoms with E-state index in [9.17, 15) is 9.59 Å². The number of hydrogen-bond acceptors (Lipinski definition) is 6. The van der Waals surface area contributed by atoms with E-state index >= 15 is 0 Å². The van der Waals surface area contributed by atoms with Gasteiger partial charge in [0, 0.05) is 18.2 Å². The number of hydrogen-bond donors (Lipinski definition) is 0. The molecule has 1 aromatic heterocycles. The van der Waals surface area contributed by atoms with Gasteiger partial charge in [0.2, 0.25) is 0 Å². The second-order valence-electron chi connectivity index (χ2n) is 5.86. The van der Waals surface area contributed by atoms with Crippen molar-refractivity contribution in [3.05, 3.63) is 34.0 Å². The molecular weight excluding hydrogens is 314 g/mol. The van der Waals surface area contributed by atoms with Gasteiger partial charge in [-0.1, -0.05) is 5.11 Å². The Balaban J connectivity index is 3.07. The molecule has 1 aromatic rings. The lowest BCUT2D eigenvalue weighted by atomic mass is 10.2. The number of amides is 2. The van der Waals surface area contributed by atoms with Crippen molar-refractivity contribution >= 4 is 12.0 Å². The van der Waals surface area contributed by atoms with Crippen LogP contribution in [0.4, 0.5) is 4.79 Å². The van der Waals surface area contributed by atoms with Gasteiger partial charge in [-0.05, 0) is 44.9 Å². The molecule has 0 fully saturated rings. The summed E-state index contributed by atoms with van der Waals surface area (Å²) in [5.74, 6) is -0.438. The molecule has 0 aliphatic carbocycles. The van der Waals surface area contributed by atoms with Crippen LogP contribution in [0.25, 0.3) is 10.4 Å². The Bertz CT molecular complexity index is 662. The summed E-state index contributed by atoms with van der Waals surface area (Å²) in [7, 11) is 1.31. The minimum Gasteiger partial charge on any atom is -0.491 e. The monoisotopic (exact) mass is 335 g/mol. The molecule has 130 valence electrons. The van der Waals surface area contributed by atoms with Crippen LogP contribution in [0, 0.1) is 0 Å². The van der Waals surface area contributed by atoms with Crippen molar-refractivity contribution in [2.24, 2.45) is 5.11 Å². The van der Waals surface area contributed by atoms with E-state index in [0.29, 0.717) is 12.2 Å². The van der Waals surface area contributed by atoms with E-state index in [2.05, 4.69) is 15.0 Å². The molecule has 1 heterocycles. The van der Waals surface area contributed by atoms with Crippen LogP contribution >= 0.6 is 0 Å². The van der Waals surface area contributed by atoms with E-state index in [-0.39, 0.29) is 18.0 Å². The number of nitrogens with zero attached hydrogens (tertiary/aromatic N) is 5. The molecule has 0 aliphatic rings. The Hall–Kier alpha value is -2.80. The number of pyridine rings is 1. The van der Waals surface area contributed by atoms with Crippen molar-refractivity contribution in [2.75, 3.05) is 13.7 Å². The maximum Gasteiger partial charge on any atom is 0.417 e. The van der Waals surface area contributed by atoms with E-state index < -0.39 is 17.6 Å². The van der Waals surface area contributed by atoms with Gasteiger partial charge < -0.3 is 9.47 Å². The molecule has 0 N–H and O–H groups in total. The highest BCUT2D eigenvalue weighted by Crippen LogP contribution is 2.21. The molecule has 0 bridgehead atoms. The first-order chi connectivity index (χ1) is 11.2. The molecule has 0 saturated heterocycles. The summed E-state index contributed by atoms with van der Waals surface area (Å²) in [5.41, 5.74) is 8.21. The minimum absolute atomic E-state index is 0.0186. The predicted octanol–water partition coefficient (Wildman–Crippen LogP) is 3.30. The van der Waals surface area contributed by atoms with Crippen molar-refractivity contribution in [3.8, 4) is 5.75 Å². The summed E-state index contributed by atoms with van der Waals surface area (Å²) in [6.07, 6.45) is 0.614. The highest BCUT2D eigenvalue weighted by molar-refractivity contribution is 6.03. The van der Waals surface area contributed by atoms with Crippen LogP contribution in [0.15, 0.2) is 17.4 Å². The zero-order valence-electron chi connectivity index (χ0n) is 14.4. The van der Waals surface area contributed by atoms with Gasteiger partial charge in [0.05, 0.1) is 13.2 Å². The van der Waals surface area contributed by atoms with Gasteiger partial charge in [-0.15, -0.1) is 0 Å². The molecule has 0 unspecified atom stereocenters. The van der Waals surface area contributed by atoms with Crippen LogP contribution < -0.4 is 4.74 Å². The molecule has 9 heteroatoms. The van der Waals surface area contributed by atoms with Crippen LogP contribution in [0.3, 0.4) is 0 Å². The first kappa shape index (κ1) is 19.2. The molecule has 0 spiro atoms. The maximum absolute atomic E-state index is 12.5. The van der Waals surface area contributed by atoms with Crippen molar-refractivity contribution in [1.82, 2.24) is 9.88 Å². The summed E-state index contributed by atoms with van der Waals surface area (Å²) in [5, 5.41) is 3.44. The minimum atomic E-state index is -0.782. The molecular formula is C15H21N5O4. The smallest absolute Gasteiger partial charge is 0.417 e. The largest absolute Gasteiger partial charge is 0.491 e. The third kappa shape index (κ3) is 5.44. The van der Waals surface area contributed by atoms with Gasteiger partial charge in [-0.2, -0.15) is 0 Å². The molecule has 0 atom stereocenters. The van der Waals surface area contributed by atoms with E-state index in [1.54, 1.807) is 33.8 Å². The number of carbonyl (C=O) groups is 2. The van der Waals surface area contributed by atoms with Crippen LogP contribution in [0.2, 0.25) is 0 Å². The lowest BCUT2D eigenvalue weighted by Gasteiger charge is -2.23. The Kier molecular flexibility index (Phi) is 6.55. The summed E-state index contributed by atoms with van der Waals surface area (Å²) in [6, 6.07) is 1.56. The summed E-state index contributed by atoms with van der Waals surface area (Å²) >= 11 is 0. The maximum atomic E-state index is 12.5. The van der Waals surface area contributed by atoms with Gasteiger partial charge in [0.25, 0.3) is 5.91 Å². The zero-order valence-corrected chi connectivity index (χ0v) is 14.4. The molecule has 0 saturated carbocycles. The highest BCUT2D eigenvalue weighted by Gasteiger charge is 2.27. The molecule has 0 aliphatic heterocycles. The Labute approximate surface area is 140 Å². The summed E-state index contributed by atoms with van der Waals surface area (Å²) in [4.78, 5) is 32.1. The van der Waals surface area contributed by atoms with Gasteiger partial charge in [-0.3, -0.25) is 4.79 Å². The van der Waals surface area contributed by atoms with Crippen molar-refractivity contribution in [3.63, 3.8) is 0 Å². The number of azide groups is 1. The molecule has 24 heavy (non-hydrogen) atoms. The van der Waals surface area contributed by atoms with E-state index in [1.165, 1.54) is 13.2 Å². The van der Waals surface area contributed by atoms with Crippen molar-refractivity contribution in [1.29, 1.82) is 0 Å². The first-order valence-corrected chi connectivity index (χ1v) is 7.33. The Morgan fingerprint density at radius 2 is 2.08 bits per heavy atom. The fourth-order valence-corrected chi connectivity index (χ4v) is 1.68. The van der Waals surface area contributed by atoms with Gasteiger partial charge in [-0.25, -0.2) is 14.7 Å². The van der Waals surface area contributed by atoms with Gasteiger partial charge in [0.1, 0.15) is 5.60 Å². The number of imide groups is 1. The molecule has 1 rings (SSSR count). The highest BCUT2D eigenvalue weighted by atomic mass is 16.6. The first-order valence-electron chi connectivity index (χ1n) is 7.33. The predicted molar refractivity (Wildman–Crippen MR) is 86.6 cm³/mol. The van der Waals surface area contributed by atoms with Gasteiger partial charge in [0.15, 0.2) is 11.4 Å².